The van der Waals surface area contributed by atoms with E-state index in [9.17, 15) is 4.79 Å². The first kappa shape index (κ1) is 16.7. The molecule has 1 heterocycles. The summed E-state index contributed by atoms with van der Waals surface area (Å²) in [7, 11) is 0. The molecule has 1 fully saturated rings. The van der Waals surface area contributed by atoms with Crippen LogP contribution in [0, 0.1) is 5.92 Å². The minimum absolute atomic E-state index is 0.0712. The van der Waals surface area contributed by atoms with Gasteiger partial charge in [0.25, 0.3) is 0 Å². The molecule has 5 heteroatoms. The van der Waals surface area contributed by atoms with Gasteiger partial charge in [0.1, 0.15) is 5.82 Å². The third kappa shape index (κ3) is 3.85. The number of carbonyl (C=O) groups excluding carboxylic acids is 1. The van der Waals surface area contributed by atoms with Crippen molar-refractivity contribution in [2.45, 2.75) is 51.1 Å². The molecule has 5 nitrogen and oxygen atoms in total. The first-order chi connectivity index (χ1) is 11.7. The van der Waals surface area contributed by atoms with Crippen LogP contribution in [0.15, 0.2) is 36.5 Å². The Morgan fingerprint density at radius 2 is 2.17 bits per heavy atom. The van der Waals surface area contributed by atoms with Crippen molar-refractivity contribution in [1.29, 1.82) is 0 Å². The Bertz CT molecular complexity index is 667. The smallest absolute Gasteiger partial charge is 0.220 e. The molecule has 1 amide bonds. The Labute approximate surface area is 143 Å². The standard InChI is InChI=1S/C19H26N4O/c1-2-16(22-18(24)11-14-9-6-10-15(14)20)19-21-12-17(23-19)13-7-4-3-5-8-13/h3-5,7-8,12,14-16H,2,6,9-11,20H2,1H3,(H,21,23)(H,22,24)/t14-,15+,16?/m0/s1. The Morgan fingerprint density at radius 1 is 1.38 bits per heavy atom. The first-order valence-electron chi connectivity index (χ1n) is 8.82. The molecule has 3 atom stereocenters. The molecule has 4 N–H and O–H groups in total. The molecule has 0 saturated heterocycles. The zero-order valence-corrected chi connectivity index (χ0v) is 14.2. The van der Waals surface area contributed by atoms with Crippen molar-refractivity contribution in [2.24, 2.45) is 11.7 Å². The highest BCUT2D eigenvalue weighted by Crippen LogP contribution is 2.27. The lowest BCUT2D eigenvalue weighted by Gasteiger charge is -2.18. The van der Waals surface area contributed by atoms with Gasteiger partial charge in [0.15, 0.2) is 0 Å². The van der Waals surface area contributed by atoms with Crippen LogP contribution < -0.4 is 11.1 Å². The van der Waals surface area contributed by atoms with Crippen LogP contribution in [-0.2, 0) is 4.79 Å². The molecule has 1 aliphatic carbocycles. The van der Waals surface area contributed by atoms with Gasteiger partial charge in [0, 0.05) is 12.5 Å². The molecule has 0 aliphatic heterocycles. The van der Waals surface area contributed by atoms with Crippen molar-refractivity contribution in [3.05, 3.63) is 42.4 Å². The van der Waals surface area contributed by atoms with Gasteiger partial charge < -0.3 is 16.0 Å². The third-order valence-corrected chi connectivity index (χ3v) is 4.92. The van der Waals surface area contributed by atoms with Crippen LogP contribution in [0.1, 0.15) is 50.9 Å². The lowest BCUT2D eigenvalue weighted by Crippen LogP contribution is -2.34. The number of carbonyl (C=O) groups is 1. The van der Waals surface area contributed by atoms with E-state index in [4.69, 9.17) is 5.73 Å². The van der Waals surface area contributed by atoms with E-state index in [1.54, 1.807) is 0 Å². The number of nitrogens with one attached hydrogen (secondary N) is 2. The van der Waals surface area contributed by atoms with Gasteiger partial charge >= 0.3 is 0 Å². The molecule has 0 spiro atoms. The van der Waals surface area contributed by atoms with Crippen molar-refractivity contribution in [1.82, 2.24) is 15.3 Å². The molecule has 0 bridgehead atoms. The predicted octanol–water partition coefficient (Wildman–Crippen LogP) is 3.16. The van der Waals surface area contributed by atoms with Gasteiger partial charge in [-0.2, -0.15) is 0 Å². The monoisotopic (exact) mass is 326 g/mol. The molecule has 2 aromatic rings. The summed E-state index contributed by atoms with van der Waals surface area (Å²) in [6, 6.07) is 10.1. The minimum Gasteiger partial charge on any atom is -0.346 e. The number of nitrogens with two attached hydrogens (primary N) is 1. The fourth-order valence-corrected chi connectivity index (χ4v) is 3.45. The second kappa shape index (κ2) is 7.62. The van der Waals surface area contributed by atoms with Crippen molar-refractivity contribution >= 4 is 5.91 Å². The van der Waals surface area contributed by atoms with E-state index in [-0.39, 0.29) is 18.0 Å². The summed E-state index contributed by atoms with van der Waals surface area (Å²) >= 11 is 0. The lowest BCUT2D eigenvalue weighted by atomic mass is 9.99. The lowest BCUT2D eigenvalue weighted by molar-refractivity contribution is -0.122. The van der Waals surface area contributed by atoms with E-state index in [1.807, 2.05) is 36.5 Å². The number of nitrogens with zero attached hydrogens (tertiary/aromatic N) is 1. The normalized spacial score (nSPS) is 21.6. The number of hydrogen-bond donors (Lipinski definition) is 3. The molecular formula is C19H26N4O. The molecule has 128 valence electrons. The van der Waals surface area contributed by atoms with Crippen molar-refractivity contribution in [2.75, 3.05) is 0 Å². The summed E-state index contributed by atoms with van der Waals surface area (Å²) in [6.07, 6.45) is 6.37. The maximum atomic E-state index is 12.4. The molecule has 1 aromatic heterocycles. The molecule has 3 rings (SSSR count). The number of hydrogen-bond acceptors (Lipinski definition) is 3. The van der Waals surface area contributed by atoms with Gasteiger partial charge in [-0.05, 0) is 30.7 Å². The van der Waals surface area contributed by atoms with Crippen LogP contribution in [0.5, 0.6) is 0 Å². The van der Waals surface area contributed by atoms with Crippen molar-refractivity contribution < 1.29 is 4.79 Å². The number of imidazole rings is 1. The summed E-state index contributed by atoms with van der Waals surface area (Å²) < 4.78 is 0. The second-order valence-corrected chi connectivity index (χ2v) is 6.64. The van der Waals surface area contributed by atoms with Crippen LogP contribution in [0.3, 0.4) is 0 Å². The molecule has 1 saturated carbocycles. The summed E-state index contributed by atoms with van der Waals surface area (Å²) in [5.41, 5.74) is 8.13. The summed E-state index contributed by atoms with van der Waals surface area (Å²) in [5.74, 6) is 1.20. The second-order valence-electron chi connectivity index (χ2n) is 6.64. The average molecular weight is 326 g/mol. The highest BCUT2D eigenvalue weighted by Gasteiger charge is 2.27. The Balaban J connectivity index is 1.64. The first-order valence-corrected chi connectivity index (χ1v) is 8.82. The number of benzene rings is 1. The van der Waals surface area contributed by atoms with Crippen LogP contribution >= 0.6 is 0 Å². The van der Waals surface area contributed by atoms with E-state index in [2.05, 4.69) is 22.2 Å². The van der Waals surface area contributed by atoms with E-state index < -0.39 is 0 Å². The average Bonchev–Trinajstić information content (AvgIpc) is 3.23. The largest absolute Gasteiger partial charge is 0.346 e. The Hall–Kier alpha value is -2.14. The molecular weight excluding hydrogens is 300 g/mol. The Morgan fingerprint density at radius 3 is 2.83 bits per heavy atom. The fraction of sp³-hybridized carbons (Fsp3) is 0.474. The maximum Gasteiger partial charge on any atom is 0.220 e. The maximum absolute atomic E-state index is 12.4. The minimum atomic E-state index is -0.0902. The van der Waals surface area contributed by atoms with E-state index in [0.717, 1.165) is 42.8 Å². The number of H-pyrrole nitrogens is 1. The SMILES string of the molecule is CCC(NC(=O)C[C@@H]1CCC[C@H]1N)c1ncc(-c2ccccc2)[nH]1. The molecule has 1 aromatic carbocycles. The van der Waals surface area contributed by atoms with Crippen molar-refractivity contribution in [3.8, 4) is 11.3 Å². The summed E-state index contributed by atoms with van der Waals surface area (Å²) in [4.78, 5) is 20.2. The van der Waals surface area contributed by atoms with E-state index in [1.165, 1.54) is 0 Å². The number of amides is 1. The Kier molecular flexibility index (Phi) is 5.30. The summed E-state index contributed by atoms with van der Waals surface area (Å²) in [6.45, 7) is 2.05. The van der Waals surface area contributed by atoms with Gasteiger partial charge in [0.05, 0.1) is 17.9 Å². The van der Waals surface area contributed by atoms with Gasteiger partial charge in [-0.3, -0.25) is 4.79 Å². The number of aromatic amines is 1. The molecule has 0 radical (unpaired) electrons. The number of rotatable bonds is 6. The highest BCUT2D eigenvalue weighted by atomic mass is 16.1. The van der Waals surface area contributed by atoms with E-state index >= 15 is 0 Å². The van der Waals surface area contributed by atoms with Gasteiger partial charge in [0.2, 0.25) is 5.91 Å². The fourth-order valence-electron chi connectivity index (χ4n) is 3.45. The molecule has 24 heavy (non-hydrogen) atoms. The predicted molar refractivity (Wildman–Crippen MR) is 95.1 cm³/mol. The van der Waals surface area contributed by atoms with Crippen molar-refractivity contribution in [3.63, 3.8) is 0 Å². The van der Waals surface area contributed by atoms with E-state index in [0.29, 0.717) is 12.3 Å². The highest BCUT2D eigenvalue weighted by molar-refractivity contribution is 5.76. The quantitative estimate of drug-likeness (QED) is 0.762. The van der Waals surface area contributed by atoms with Crippen LogP contribution in [0.2, 0.25) is 0 Å². The van der Waals surface area contributed by atoms with Gasteiger partial charge in [-0.25, -0.2) is 4.98 Å². The van der Waals surface area contributed by atoms with Crippen LogP contribution in [0.4, 0.5) is 0 Å². The van der Waals surface area contributed by atoms with Gasteiger partial charge in [-0.15, -0.1) is 0 Å². The van der Waals surface area contributed by atoms with Gasteiger partial charge in [-0.1, -0.05) is 43.7 Å². The van der Waals surface area contributed by atoms with Crippen LogP contribution in [-0.4, -0.2) is 21.9 Å². The molecule has 1 aliphatic rings. The third-order valence-electron chi connectivity index (χ3n) is 4.92. The number of aromatic nitrogens is 2. The summed E-state index contributed by atoms with van der Waals surface area (Å²) in [5, 5.41) is 3.11. The topological polar surface area (TPSA) is 83.8 Å². The zero-order chi connectivity index (χ0) is 16.9. The molecule has 1 unspecified atom stereocenters. The zero-order valence-electron chi connectivity index (χ0n) is 14.2. The van der Waals surface area contributed by atoms with Crippen LogP contribution in [0.25, 0.3) is 11.3 Å².